The Balaban J connectivity index is 3.14. The molecule has 26 heavy (non-hydrogen) atoms. The van der Waals surface area contributed by atoms with Gasteiger partial charge in [-0.25, -0.2) is 4.79 Å². The topological polar surface area (TPSA) is 240 Å². The number of carboxylic acid groups (broad SMARTS) is 1. The van der Waals surface area contributed by atoms with Gasteiger partial charge in [0.05, 0.1) is 25.3 Å². The van der Waals surface area contributed by atoms with E-state index < -0.39 is 79.6 Å². The number of ketones is 1. The van der Waals surface area contributed by atoms with E-state index in [2.05, 4.69) is 0 Å². The molecule has 0 aliphatic carbocycles. The van der Waals surface area contributed by atoms with Gasteiger partial charge in [-0.3, -0.25) is 9.59 Å². The fourth-order valence-electron chi connectivity index (χ4n) is 2.58. The second-order valence-corrected chi connectivity index (χ2v) is 5.77. The first-order valence-electron chi connectivity index (χ1n) is 7.45. The van der Waals surface area contributed by atoms with Crippen molar-refractivity contribution in [1.82, 2.24) is 5.32 Å². The minimum Gasteiger partial charge on any atom is -0.477 e. The Morgan fingerprint density at radius 3 is 2.27 bits per heavy atom. The summed E-state index contributed by atoms with van der Waals surface area (Å²) in [6.45, 7) is -2.75. The molecule has 150 valence electrons. The predicted molar refractivity (Wildman–Crippen MR) is 79.1 cm³/mol. The molecule has 0 spiro atoms. The van der Waals surface area contributed by atoms with Crippen molar-refractivity contribution in [2.24, 2.45) is 11.7 Å². The number of carbonyl (C=O) groups is 3. The van der Waals surface area contributed by atoms with Crippen LogP contribution in [-0.4, -0.2) is 109 Å². The Hall–Kier alpha value is -1.71. The molecule has 0 radical (unpaired) electrons. The Morgan fingerprint density at radius 1 is 1.23 bits per heavy atom. The number of aliphatic hydroxyl groups is 6. The summed E-state index contributed by atoms with van der Waals surface area (Å²) in [5.41, 5.74) is 5.64. The number of amides is 1. The van der Waals surface area contributed by atoms with Gasteiger partial charge in [-0.15, -0.1) is 0 Å². The molecule has 7 atom stereocenters. The van der Waals surface area contributed by atoms with Crippen molar-refractivity contribution in [3.8, 4) is 0 Å². The maximum atomic E-state index is 12.2. The summed E-state index contributed by atoms with van der Waals surface area (Å²) in [6, 6.07) is -1.63. The first kappa shape index (κ1) is 22.3. The van der Waals surface area contributed by atoms with Gasteiger partial charge in [0.2, 0.25) is 5.91 Å². The third-order valence-corrected chi connectivity index (χ3v) is 4.03. The number of carboxylic acids is 1. The van der Waals surface area contributed by atoms with Crippen LogP contribution in [0.2, 0.25) is 0 Å². The third-order valence-electron chi connectivity index (χ3n) is 4.03. The van der Waals surface area contributed by atoms with Crippen molar-refractivity contribution in [2.45, 2.75) is 36.2 Å². The van der Waals surface area contributed by atoms with Crippen molar-refractivity contribution >= 4 is 17.7 Å². The van der Waals surface area contributed by atoms with E-state index in [0.717, 1.165) is 0 Å². The van der Waals surface area contributed by atoms with Crippen molar-refractivity contribution in [3.05, 3.63) is 0 Å². The first-order chi connectivity index (χ1) is 12.0. The lowest BCUT2D eigenvalue weighted by atomic mass is 9.78. The van der Waals surface area contributed by atoms with Gasteiger partial charge in [0.25, 0.3) is 5.79 Å². The Kier molecular flexibility index (Phi) is 7.55. The molecule has 0 aromatic carbocycles. The van der Waals surface area contributed by atoms with Gasteiger partial charge in [0.1, 0.15) is 30.8 Å². The summed E-state index contributed by atoms with van der Waals surface area (Å²) in [5, 5.41) is 68.4. The molecule has 1 saturated heterocycles. The highest BCUT2D eigenvalue weighted by atomic mass is 16.7. The number of hydrogen-bond donors (Lipinski definition) is 9. The molecule has 1 rings (SSSR count). The largest absolute Gasteiger partial charge is 0.477 e. The number of nitrogens with one attached hydrogen (secondary N) is 1. The summed E-state index contributed by atoms with van der Waals surface area (Å²) < 4.78 is 4.84. The van der Waals surface area contributed by atoms with Crippen LogP contribution in [0.3, 0.4) is 0 Å². The van der Waals surface area contributed by atoms with Crippen molar-refractivity contribution in [2.75, 3.05) is 19.8 Å². The smallest absolute Gasteiger partial charge is 0.365 e. The Labute approximate surface area is 146 Å². The van der Waals surface area contributed by atoms with Gasteiger partial charge < -0.3 is 51.5 Å². The lowest BCUT2D eigenvalue weighted by Crippen LogP contribution is -2.72. The molecule has 0 bridgehead atoms. The van der Waals surface area contributed by atoms with Gasteiger partial charge in [0.15, 0.2) is 5.78 Å². The Morgan fingerprint density at radius 2 is 1.81 bits per heavy atom. The predicted octanol–water partition coefficient (Wildman–Crippen LogP) is -6.15. The highest BCUT2D eigenvalue weighted by molar-refractivity contribution is 5.93. The maximum Gasteiger partial charge on any atom is 0.365 e. The molecule has 1 fully saturated rings. The quantitative estimate of drug-likeness (QED) is 0.190. The average Bonchev–Trinajstić information content (AvgIpc) is 2.61. The van der Waals surface area contributed by atoms with E-state index in [1.54, 1.807) is 0 Å². The van der Waals surface area contributed by atoms with E-state index in [0.29, 0.717) is 0 Å². The summed E-state index contributed by atoms with van der Waals surface area (Å²) >= 11 is 0. The van der Waals surface area contributed by atoms with Gasteiger partial charge >= 0.3 is 5.97 Å². The van der Waals surface area contributed by atoms with E-state index >= 15 is 0 Å². The number of Topliss-reactive ketones (excluding diaryl/α,β-unsaturated/α-hetero) is 1. The number of carbonyl (C=O) groups excluding carboxylic acids is 2. The summed E-state index contributed by atoms with van der Waals surface area (Å²) in [5.74, 6) is -9.71. The lowest BCUT2D eigenvalue weighted by Gasteiger charge is -2.47. The molecule has 0 aromatic rings. The summed E-state index contributed by atoms with van der Waals surface area (Å²) in [4.78, 5) is 34.6. The summed E-state index contributed by atoms with van der Waals surface area (Å²) in [6.07, 6.45) is -7.70. The standard InChI is InChI=1S/C13H22N2O11/c14-8-10(22)7(4(18)1-15-6(20)3-17)13(25,12(23)24)26-11(8)9(21)5(19)2-16/h5,7-11,16-17,19,21-22,25H,1-3,14H2,(H,15,20)(H,23,24)/t5-,7?,8-,9-,10+,11-,13?/m1/s1. The van der Waals surface area contributed by atoms with Crippen LogP contribution >= 0.6 is 0 Å². The van der Waals surface area contributed by atoms with Crippen LogP contribution in [0.1, 0.15) is 0 Å². The normalized spacial score (nSPS) is 34.0. The van der Waals surface area contributed by atoms with Gasteiger partial charge in [-0.1, -0.05) is 0 Å². The number of aliphatic hydroxyl groups excluding tert-OH is 5. The highest BCUT2D eigenvalue weighted by Gasteiger charge is 2.61. The molecule has 1 aliphatic heterocycles. The average molecular weight is 382 g/mol. The molecule has 2 unspecified atom stereocenters. The number of nitrogens with two attached hydrogens (primary N) is 1. The Bertz CT molecular complexity index is 544. The van der Waals surface area contributed by atoms with Crippen LogP contribution in [0.25, 0.3) is 0 Å². The molecule has 1 amide bonds. The SMILES string of the molecule is N[C@H]1[C@H]([C@H](O)[C@H](O)CO)OC(O)(C(=O)O)C(C(=O)CNC(=O)CO)[C@@H]1O. The van der Waals surface area contributed by atoms with Crippen LogP contribution in [0, 0.1) is 5.92 Å². The lowest BCUT2D eigenvalue weighted by molar-refractivity contribution is -0.311. The molecular formula is C13H22N2O11. The number of hydrogen-bond acceptors (Lipinski definition) is 11. The van der Waals surface area contributed by atoms with Crippen LogP contribution < -0.4 is 11.1 Å². The van der Waals surface area contributed by atoms with E-state index in [1.165, 1.54) is 0 Å². The minimum atomic E-state index is -3.34. The second kappa shape index (κ2) is 8.79. The third kappa shape index (κ3) is 4.33. The van der Waals surface area contributed by atoms with Gasteiger partial charge in [-0.2, -0.15) is 0 Å². The van der Waals surface area contributed by atoms with E-state index in [1.807, 2.05) is 5.32 Å². The van der Waals surface area contributed by atoms with Crippen LogP contribution in [-0.2, 0) is 19.1 Å². The van der Waals surface area contributed by atoms with Crippen LogP contribution in [0.15, 0.2) is 0 Å². The zero-order chi connectivity index (χ0) is 20.2. The minimum absolute atomic E-state index is 0.848. The van der Waals surface area contributed by atoms with Crippen molar-refractivity contribution < 1.29 is 54.9 Å². The zero-order valence-electron chi connectivity index (χ0n) is 13.4. The highest BCUT2D eigenvalue weighted by Crippen LogP contribution is 2.35. The van der Waals surface area contributed by atoms with Crippen LogP contribution in [0.4, 0.5) is 0 Å². The van der Waals surface area contributed by atoms with E-state index in [-0.39, 0.29) is 0 Å². The fraction of sp³-hybridized carbons (Fsp3) is 0.769. The van der Waals surface area contributed by atoms with E-state index in [9.17, 15) is 39.9 Å². The molecule has 0 saturated carbocycles. The second-order valence-electron chi connectivity index (χ2n) is 5.77. The first-order valence-corrected chi connectivity index (χ1v) is 7.45. The zero-order valence-corrected chi connectivity index (χ0v) is 13.4. The van der Waals surface area contributed by atoms with Crippen LogP contribution in [0.5, 0.6) is 0 Å². The molecule has 13 heteroatoms. The number of ether oxygens (including phenoxy) is 1. The molecule has 1 aliphatic rings. The molecule has 1 heterocycles. The van der Waals surface area contributed by atoms with Gasteiger partial charge in [0, 0.05) is 0 Å². The number of aliphatic carboxylic acids is 1. The molecule has 10 N–H and O–H groups in total. The van der Waals surface area contributed by atoms with Crippen molar-refractivity contribution in [1.29, 1.82) is 0 Å². The summed E-state index contributed by atoms with van der Waals surface area (Å²) in [7, 11) is 0. The maximum absolute atomic E-state index is 12.2. The molecule has 13 nitrogen and oxygen atoms in total. The van der Waals surface area contributed by atoms with Crippen molar-refractivity contribution in [3.63, 3.8) is 0 Å². The monoisotopic (exact) mass is 382 g/mol. The van der Waals surface area contributed by atoms with E-state index in [4.69, 9.17) is 20.7 Å². The molecule has 0 aromatic heterocycles. The van der Waals surface area contributed by atoms with Gasteiger partial charge in [-0.05, 0) is 0 Å². The molecular weight excluding hydrogens is 360 g/mol. The fourth-order valence-corrected chi connectivity index (χ4v) is 2.58. The number of rotatable bonds is 8.